The predicted octanol–water partition coefficient (Wildman–Crippen LogP) is 3.88. The van der Waals surface area contributed by atoms with Crippen molar-refractivity contribution in [3.05, 3.63) is 0 Å². The maximum atomic E-state index is 11.5. The molecule has 4 unspecified atom stereocenters. The normalized spacial score (nSPS) is 15.6. The van der Waals surface area contributed by atoms with Crippen molar-refractivity contribution in [3.63, 3.8) is 0 Å². The first-order chi connectivity index (χ1) is 24.7. The van der Waals surface area contributed by atoms with Gasteiger partial charge in [0.05, 0.1) is 25.4 Å². The van der Waals surface area contributed by atoms with Crippen LogP contribution >= 0.6 is 0 Å². The minimum absolute atomic E-state index is 0.115. The van der Waals surface area contributed by atoms with Crippen molar-refractivity contribution in [2.75, 3.05) is 13.2 Å². The van der Waals surface area contributed by atoms with E-state index in [0.717, 1.165) is 0 Å². The molecule has 0 amide bonds. The van der Waals surface area contributed by atoms with Crippen LogP contribution in [0, 0.1) is 0 Å². The van der Waals surface area contributed by atoms with E-state index in [1.807, 2.05) is 13.8 Å². The number of aliphatic hydroxyl groups excluding tert-OH is 4. The first-order valence-corrected chi connectivity index (χ1v) is 19.5. The Bertz CT molecular complexity index is 1420. The molecule has 8 N–H and O–H groups in total. The molecule has 0 aliphatic rings. The van der Waals surface area contributed by atoms with Crippen LogP contribution < -0.4 is 0 Å². The Morgan fingerprint density at radius 2 is 0.534 bits per heavy atom. The molecule has 16 nitrogen and oxygen atoms in total. The van der Waals surface area contributed by atoms with Crippen molar-refractivity contribution in [1.82, 2.24) is 0 Å². The van der Waals surface area contributed by atoms with Gasteiger partial charge < -0.3 is 20.4 Å². The second kappa shape index (κ2) is 25.2. The van der Waals surface area contributed by atoms with Gasteiger partial charge in [0.1, 0.15) is 0 Å². The number of aliphatic hydroxyl groups is 4. The second-order valence-electron chi connectivity index (χ2n) is 9.84. The summed E-state index contributed by atoms with van der Waals surface area (Å²) in [5.74, 6) is 0. The maximum Gasteiger partial charge on any atom is 0.416 e. The van der Waals surface area contributed by atoms with E-state index in [0.29, 0.717) is 26.7 Å². The van der Waals surface area contributed by atoms with E-state index in [1.165, 1.54) is 0 Å². The van der Waals surface area contributed by atoms with Gasteiger partial charge in [0, 0.05) is 0 Å². The molecule has 0 saturated heterocycles. The van der Waals surface area contributed by atoms with Gasteiger partial charge in [-0.05, 0) is 26.7 Å². The Kier molecular flexibility index (Phi) is 29.6. The van der Waals surface area contributed by atoms with Gasteiger partial charge in [-0.25, -0.2) is 0 Å². The van der Waals surface area contributed by atoms with E-state index in [4.69, 9.17) is 38.6 Å². The molecular weight excluding hydrogens is 966 g/mol. The summed E-state index contributed by atoms with van der Waals surface area (Å²) in [6.07, 6.45) is -33.8. The van der Waals surface area contributed by atoms with Crippen LogP contribution in [0.5, 0.6) is 0 Å². The fourth-order valence-electron chi connectivity index (χ4n) is 1.64. The van der Waals surface area contributed by atoms with Crippen molar-refractivity contribution in [2.45, 2.75) is 111 Å². The molecule has 0 heterocycles. The Morgan fingerprint density at radius 1 is 0.379 bits per heavy atom. The van der Waals surface area contributed by atoms with Gasteiger partial charge in [-0.2, -0.15) is 113 Å². The van der Waals surface area contributed by atoms with Crippen molar-refractivity contribution < 1.29 is 151 Å². The summed E-state index contributed by atoms with van der Waals surface area (Å²) < 4.78 is 315. The van der Waals surface area contributed by atoms with E-state index in [1.54, 1.807) is 0 Å². The maximum absolute atomic E-state index is 11.5. The summed E-state index contributed by atoms with van der Waals surface area (Å²) in [7, 11) is -22.4. The molecular formula is C20H34F18O16S4. The van der Waals surface area contributed by atoms with Crippen LogP contribution in [-0.4, -0.2) is 156 Å². The number of hydrogen-bond acceptors (Lipinski definition) is 12. The highest BCUT2D eigenvalue weighted by atomic mass is 32.2. The molecule has 38 heteroatoms. The number of alkyl halides is 18. The van der Waals surface area contributed by atoms with Crippen molar-refractivity contribution in [2.24, 2.45) is 0 Å². The molecule has 0 fully saturated rings. The van der Waals surface area contributed by atoms with Gasteiger partial charge in [-0.3, -0.25) is 18.2 Å². The van der Waals surface area contributed by atoms with Crippen LogP contribution in [0.3, 0.4) is 0 Å². The van der Waals surface area contributed by atoms with E-state index in [9.17, 15) is 113 Å². The van der Waals surface area contributed by atoms with E-state index in [-0.39, 0.29) is 13.2 Å². The minimum Gasteiger partial charge on any atom is -0.394 e. The fraction of sp³-hybridized carbons (Fsp3) is 1.00. The second-order valence-corrected chi connectivity index (χ2v) is 16.3. The van der Waals surface area contributed by atoms with Gasteiger partial charge in [0.25, 0.3) is 51.0 Å². The predicted molar refractivity (Wildman–Crippen MR) is 156 cm³/mol. The van der Waals surface area contributed by atoms with Crippen LogP contribution in [0.25, 0.3) is 0 Å². The van der Waals surface area contributed by atoms with Crippen molar-refractivity contribution in [3.8, 4) is 0 Å². The zero-order valence-electron chi connectivity index (χ0n) is 28.6. The molecule has 58 heavy (non-hydrogen) atoms. The topological polar surface area (TPSA) is 298 Å². The minimum atomic E-state index is -6.23. The Balaban J connectivity index is -0.000000143. The fourth-order valence-corrected chi connectivity index (χ4v) is 3.67. The Labute approximate surface area is 315 Å². The lowest BCUT2D eigenvalue weighted by Crippen LogP contribution is -2.47. The summed E-state index contributed by atoms with van der Waals surface area (Å²) in [6.45, 7) is 4.15. The molecule has 0 aliphatic carbocycles. The summed E-state index contributed by atoms with van der Waals surface area (Å²) in [5.41, 5.74) is 0. The average Bonchev–Trinajstić information content (AvgIpc) is 2.90. The lowest BCUT2D eigenvalue weighted by atomic mass is 10.3. The molecule has 4 atom stereocenters. The standard InChI is InChI=1S/2C4H10O2.2C3H2F6O3S.2C3H5F3O3S/c2*1-2-4(6)3-5;2*4-2(5,6)1(3(7,8)9)13(10,11)12;2*1-2(3(4,5)6)10(7,8)9/h2*4-6H,2-3H2,1H3;2*1H,(H,10,11,12);2*2H,1H3,(H,7,8,9). The van der Waals surface area contributed by atoms with Gasteiger partial charge in [0.15, 0.2) is 10.5 Å². The van der Waals surface area contributed by atoms with E-state index >= 15 is 0 Å². The lowest BCUT2D eigenvalue weighted by Gasteiger charge is -2.19. The van der Waals surface area contributed by atoms with Crippen LogP contribution in [0.2, 0.25) is 0 Å². The average molecular weight is 1000 g/mol. The molecule has 0 saturated carbocycles. The molecule has 0 aromatic carbocycles. The van der Waals surface area contributed by atoms with Crippen LogP contribution in [0.4, 0.5) is 79.0 Å². The third kappa shape index (κ3) is 35.0. The van der Waals surface area contributed by atoms with E-state index in [2.05, 4.69) is 0 Å². The highest BCUT2D eigenvalue weighted by Gasteiger charge is 2.65. The highest BCUT2D eigenvalue weighted by molar-refractivity contribution is 7.87. The molecule has 0 spiro atoms. The summed E-state index contributed by atoms with van der Waals surface area (Å²) >= 11 is 0. The molecule has 0 rings (SSSR count). The molecule has 0 bridgehead atoms. The third-order valence-corrected chi connectivity index (χ3v) is 9.55. The molecule has 0 aromatic rings. The van der Waals surface area contributed by atoms with E-state index < -0.39 is 111 Å². The van der Waals surface area contributed by atoms with Crippen LogP contribution in [0.15, 0.2) is 0 Å². The smallest absolute Gasteiger partial charge is 0.394 e. The van der Waals surface area contributed by atoms with Gasteiger partial charge in [-0.1, -0.05) is 13.8 Å². The Hall–Kier alpha value is -1.78. The van der Waals surface area contributed by atoms with Crippen LogP contribution in [0.1, 0.15) is 40.5 Å². The monoisotopic (exact) mass is 1000 g/mol. The summed E-state index contributed by atoms with van der Waals surface area (Å²) in [6, 6.07) is 0. The highest BCUT2D eigenvalue weighted by Crippen LogP contribution is 2.38. The first kappa shape index (κ1) is 68.0. The Morgan fingerprint density at radius 3 is 0.534 bits per heavy atom. The zero-order chi connectivity index (χ0) is 49.3. The molecule has 0 aliphatic heterocycles. The number of rotatable bonds is 8. The molecule has 0 radical (unpaired) electrons. The van der Waals surface area contributed by atoms with Gasteiger partial charge in [0.2, 0.25) is 0 Å². The summed E-state index contributed by atoms with van der Waals surface area (Å²) in [5, 5.41) is 18.1. The lowest BCUT2D eigenvalue weighted by molar-refractivity contribution is -0.229. The largest absolute Gasteiger partial charge is 0.416 e. The number of halogens is 18. The third-order valence-electron chi connectivity index (χ3n) is 4.96. The zero-order valence-corrected chi connectivity index (χ0v) is 31.8. The summed E-state index contributed by atoms with van der Waals surface area (Å²) in [4.78, 5) is 0. The van der Waals surface area contributed by atoms with Crippen molar-refractivity contribution >= 4 is 40.5 Å². The van der Waals surface area contributed by atoms with Gasteiger partial charge >= 0.3 is 37.1 Å². The SMILES string of the molecule is CC(C(F)(F)F)S(=O)(=O)O.CC(C(F)(F)F)S(=O)(=O)O.CCC(O)CO.CCC(O)CO.O=S(=O)(O)C(C(F)(F)F)C(F)(F)F.O=S(=O)(O)C(C(F)(F)F)C(F)(F)F. The van der Waals surface area contributed by atoms with Crippen molar-refractivity contribution in [1.29, 1.82) is 0 Å². The molecule has 0 aromatic heterocycles. The molecule has 360 valence electrons. The van der Waals surface area contributed by atoms with Crippen LogP contribution in [-0.2, 0) is 40.5 Å². The quantitative estimate of drug-likeness (QED) is 0.126. The van der Waals surface area contributed by atoms with Gasteiger partial charge in [-0.15, -0.1) is 0 Å². The first-order valence-electron chi connectivity index (χ1n) is 13.5. The number of hydrogen-bond donors (Lipinski definition) is 8.